The first kappa shape index (κ1) is 22.3. The summed E-state index contributed by atoms with van der Waals surface area (Å²) in [4.78, 5) is 13.3. The number of hydrogen-bond acceptors (Lipinski definition) is 5. The van der Waals surface area contributed by atoms with E-state index in [4.69, 9.17) is 4.74 Å². The summed E-state index contributed by atoms with van der Waals surface area (Å²) in [5.41, 5.74) is 0.695. The van der Waals surface area contributed by atoms with Gasteiger partial charge in [-0.2, -0.15) is 4.31 Å². The van der Waals surface area contributed by atoms with Crippen molar-refractivity contribution in [1.29, 1.82) is 0 Å². The molecule has 1 saturated heterocycles. The Morgan fingerprint density at radius 2 is 2.00 bits per heavy atom. The van der Waals surface area contributed by atoms with E-state index in [1.807, 2.05) is 24.3 Å². The van der Waals surface area contributed by atoms with E-state index < -0.39 is 10.0 Å². The number of benzene rings is 1. The second-order valence-electron chi connectivity index (χ2n) is 8.43. The van der Waals surface area contributed by atoms with Crippen molar-refractivity contribution in [3.05, 3.63) is 47.3 Å². The van der Waals surface area contributed by atoms with Gasteiger partial charge in [0.05, 0.1) is 12.0 Å². The van der Waals surface area contributed by atoms with Gasteiger partial charge in [-0.3, -0.25) is 4.79 Å². The molecule has 0 spiro atoms. The van der Waals surface area contributed by atoms with E-state index in [1.54, 1.807) is 17.5 Å². The summed E-state index contributed by atoms with van der Waals surface area (Å²) >= 11 is 1.21. The van der Waals surface area contributed by atoms with E-state index in [9.17, 15) is 13.2 Å². The molecule has 4 rings (SSSR count). The van der Waals surface area contributed by atoms with Gasteiger partial charge in [0.25, 0.3) is 10.0 Å². The third-order valence-electron chi connectivity index (χ3n) is 6.65. The molecular formula is C23H30N2O4S2. The number of para-hydroxylation sites is 1. The monoisotopic (exact) mass is 462 g/mol. The van der Waals surface area contributed by atoms with E-state index in [2.05, 4.69) is 19.2 Å². The summed E-state index contributed by atoms with van der Waals surface area (Å²) < 4.78 is 34.0. The van der Waals surface area contributed by atoms with Crippen LogP contribution in [0.2, 0.25) is 0 Å². The summed E-state index contributed by atoms with van der Waals surface area (Å²) in [6, 6.07) is 11.1. The van der Waals surface area contributed by atoms with Crippen LogP contribution in [0.3, 0.4) is 0 Å². The number of rotatable bonds is 6. The lowest BCUT2D eigenvalue weighted by Crippen LogP contribution is -2.48. The van der Waals surface area contributed by atoms with Gasteiger partial charge in [0.2, 0.25) is 5.91 Å². The van der Waals surface area contributed by atoms with Gasteiger partial charge in [-0.05, 0) is 43.2 Å². The highest BCUT2D eigenvalue weighted by Gasteiger charge is 2.40. The Morgan fingerprint density at radius 3 is 2.71 bits per heavy atom. The predicted molar refractivity (Wildman–Crippen MR) is 122 cm³/mol. The SMILES string of the molecule is CCC1(CC)C[C@H](NC(=O)[C@H]2CCCN(S(=O)(=O)c3cccs3)C2)c2ccccc2O1. The third-order valence-corrected chi connectivity index (χ3v) is 9.88. The van der Waals surface area contributed by atoms with Crippen molar-refractivity contribution in [3.63, 3.8) is 0 Å². The Hall–Kier alpha value is -1.90. The molecule has 3 heterocycles. The molecule has 6 nitrogen and oxygen atoms in total. The third kappa shape index (κ3) is 4.38. The highest BCUT2D eigenvalue weighted by molar-refractivity contribution is 7.91. The number of hydrogen-bond donors (Lipinski definition) is 1. The first-order chi connectivity index (χ1) is 14.9. The fourth-order valence-corrected chi connectivity index (χ4v) is 7.30. The summed E-state index contributed by atoms with van der Waals surface area (Å²) in [5, 5.41) is 5.00. The van der Waals surface area contributed by atoms with Gasteiger partial charge in [-0.15, -0.1) is 11.3 Å². The molecule has 2 atom stereocenters. The minimum absolute atomic E-state index is 0.0751. The molecule has 8 heteroatoms. The largest absolute Gasteiger partial charge is 0.487 e. The first-order valence-corrected chi connectivity index (χ1v) is 13.3. The zero-order chi connectivity index (χ0) is 22.1. The van der Waals surface area contributed by atoms with Gasteiger partial charge < -0.3 is 10.1 Å². The standard InChI is InChI=1S/C23H30N2O4S2/c1-3-23(4-2)15-19(18-10-5-6-11-20(18)29-23)24-22(26)17-9-7-13-25(16-17)31(27,28)21-12-8-14-30-21/h5-6,8,10-12,14,17,19H,3-4,7,9,13,15-16H2,1-2H3,(H,24,26)/t17-,19-/m0/s1. The number of carbonyl (C=O) groups is 1. The zero-order valence-corrected chi connectivity index (χ0v) is 19.7. The molecular weight excluding hydrogens is 432 g/mol. The molecule has 0 aliphatic carbocycles. The summed E-state index contributed by atoms with van der Waals surface area (Å²) in [5.74, 6) is 0.401. The van der Waals surface area contributed by atoms with E-state index in [0.29, 0.717) is 30.0 Å². The summed E-state index contributed by atoms with van der Waals surface area (Å²) in [6.45, 7) is 4.91. The average molecular weight is 463 g/mol. The fourth-order valence-electron chi connectivity index (χ4n) is 4.63. The van der Waals surface area contributed by atoms with Gasteiger partial charge in [-0.1, -0.05) is 38.1 Å². The lowest BCUT2D eigenvalue weighted by molar-refractivity contribution is -0.127. The van der Waals surface area contributed by atoms with Gasteiger partial charge >= 0.3 is 0 Å². The number of fused-ring (bicyclic) bond motifs is 1. The maximum atomic E-state index is 13.3. The smallest absolute Gasteiger partial charge is 0.252 e. The molecule has 1 aromatic carbocycles. The van der Waals surface area contributed by atoms with E-state index in [0.717, 1.165) is 24.2 Å². The van der Waals surface area contributed by atoms with Crippen LogP contribution in [0.15, 0.2) is 46.0 Å². The van der Waals surface area contributed by atoms with Crippen LogP contribution in [-0.4, -0.2) is 37.3 Å². The van der Waals surface area contributed by atoms with Crippen LogP contribution < -0.4 is 10.1 Å². The molecule has 0 radical (unpaired) electrons. The van der Waals surface area contributed by atoms with Gasteiger partial charge in [0, 0.05) is 25.1 Å². The van der Waals surface area contributed by atoms with E-state index >= 15 is 0 Å². The van der Waals surface area contributed by atoms with Crippen molar-refractivity contribution in [2.24, 2.45) is 5.92 Å². The fraction of sp³-hybridized carbons (Fsp3) is 0.522. The van der Waals surface area contributed by atoms with Crippen LogP contribution in [0.25, 0.3) is 0 Å². The van der Waals surface area contributed by atoms with Gasteiger partial charge in [0.1, 0.15) is 15.6 Å². The van der Waals surface area contributed by atoms with Crippen LogP contribution in [0.5, 0.6) is 5.75 Å². The molecule has 168 valence electrons. The molecule has 1 N–H and O–H groups in total. The van der Waals surface area contributed by atoms with Crippen molar-refractivity contribution in [1.82, 2.24) is 9.62 Å². The maximum Gasteiger partial charge on any atom is 0.252 e. The number of thiophene rings is 1. The van der Waals surface area contributed by atoms with Crippen LogP contribution in [0, 0.1) is 5.92 Å². The second-order valence-corrected chi connectivity index (χ2v) is 11.5. The zero-order valence-electron chi connectivity index (χ0n) is 18.0. The Labute approximate surface area is 188 Å². The molecule has 1 fully saturated rings. The second kappa shape index (κ2) is 8.92. The van der Waals surface area contributed by atoms with Crippen molar-refractivity contribution in [2.75, 3.05) is 13.1 Å². The highest BCUT2D eigenvalue weighted by atomic mass is 32.2. The topological polar surface area (TPSA) is 75.7 Å². The van der Waals surface area contributed by atoms with Crippen LogP contribution in [-0.2, 0) is 14.8 Å². The number of sulfonamides is 1. The van der Waals surface area contributed by atoms with Crippen molar-refractivity contribution in [3.8, 4) is 5.75 Å². The van der Waals surface area contributed by atoms with Crippen LogP contribution in [0.4, 0.5) is 0 Å². The maximum absolute atomic E-state index is 13.3. The number of ether oxygens (including phenoxy) is 1. The number of amides is 1. The summed E-state index contributed by atoms with van der Waals surface area (Å²) in [6.07, 6.45) is 3.81. The van der Waals surface area contributed by atoms with Crippen LogP contribution in [0.1, 0.15) is 57.6 Å². The highest BCUT2D eigenvalue weighted by Crippen LogP contribution is 2.42. The van der Waals surface area contributed by atoms with Crippen LogP contribution >= 0.6 is 11.3 Å². The first-order valence-electron chi connectivity index (χ1n) is 11.0. The predicted octanol–water partition coefficient (Wildman–Crippen LogP) is 4.35. The molecule has 2 aliphatic rings. The number of piperidine rings is 1. The minimum atomic E-state index is -3.54. The Kier molecular flexibility index (Phi) is 6.42. The quantitative estimate of drug-likeness (QED) is 0.693. The Bertz CT molecular complexity index is 1020. The molecule has 0 bridgehead atoms. The molecule has 0 saturated carbocycles. The lowest BCUT2D eigenvalue weighted by atomic mass is 9.83. The molecule has 1 amide bonds. The Morgan fingerprint density at radius 1 is 1.23 bits per heavy atom. The van der Waals surface area contributed by atoms with Crippen molar-refractivity contribution in [2.45, 2.75) is 61.8 Å². The normalized spacial score (nSPS) is 23.5. The van der Waals surface area contributed by atoms with Crippen molar-refractivity contribution >= 4 is 27.3 Å². The molecule has 1 aromatic heterocycles. The Balaban J connectivity index is 1.51. The van der Waals surface area contributed by atoms with E-state index in [1.165, 1.54) is 15.6 Å². The molecule has 0 unspecified atom stereocenters. The number of nitrogens with zero attached hydrogens (tertiary/aromatic N) is 1. The summed E-state index contributed by atoms with van der Waals surface area (Å²) in [7, 11) is -3.54. The van der Waals surface area contributed by atoms with Crippen molar-refractivity contribution < 1.29 is 17.9 Å². The molecule has 2 aromatic rings. The average Bonchev–Trinajstić information content (AvgIpc) is 3.35. The molecule has 2 aliphatic heterocycles. The molecule has 31 heavy (non-hydrogen) atoms. The number of nitrogens with one attached hydrogen (secondary N) is 1. The lowest BCUT2D eigenvalue weighted by Gasteiger charge is -2.42. The van der Waals surface area contributed by atoms with E-state index in [-0.39, 0.29) is 30.0 Å². The van der Waals surface area contributed by atoms with Gasteiger partial charge in [-0.25, -0.2) is 8.42 Å². The minimum Gasteiger partial charge on any atom is -0.487 e. The van der Waals surface area contributed by atoms with Gasteiger partial charge in [0.15, 0.2) is 0 Å². The number of carbonyl (C=O) groups excluding carboxylic acids is 1.